The van der Waals surface area contributed by atoms with Gasteiger partial charge in [-0.25, -0.2) is 4.79 Å². The molecule has 50 heavy (non-hydrogen) atoms. The normalized spacial score (nSPS) is 43.4. The Labute approximate surface area is 304 Å². The Morgan fingerprint density at radius 1 is 1.22 bits per heavy atom. The van der Waals surface area contributed by atoms with E-state index in [1.165, 1.54) is 5.57 Å². The first-order valence-corrected chi connectivity index (χ1v) is 21.3. The number of nitrogens with one attached hydrogen (secondary N) is 2. The maximum Gasteiger partial charge on any atom is 0.334 e. The standard InChI is InChI=1S/C37H56N4O7S2/c1-4-21(8-10-42)35(45)48-36(2)9-7-23-19-49-50-20-28-26(16-39-3)18-41(28)32(43)12-25-17-40-31(38)13-27(25)34(23)37(36)15-24-11-22-5-6-33(44)46-29(22)14-30(24)47-37/h4,7,22,24-31,34,39-40,42H,5-6,8-20,38H2,1-3H3. The van der Waals surface area contributed by atoms with Crippen LogP contribution in [0.25, 0.3) is 0 Å². The van der Waals surface area contributed by atoms with Gasteiger partial charge >= 0.3 is 11.9 Å². The monoisotopic (exact) mass is 732 g/mol. The van der Waals surface area contributed by atoms with Gasteiger partial charge in [-0.15, -0.1) is 0 Å². The molecule has 11 nitrogen and oxygen atoms in total. The van der Waals surface area contributed by atoms with Crippen LogP contribution in [0.2, 0.25) is 0 Å². The molecule has 1 spiro atoms. The second-order valence-corrected chi connectivity index (χ2v) is 18.5. The molecule has 5 heterocycles. The van der Waals surface area contributed by atoms with Gasteiger partial charge in [0.05, 0.1) is 12.3 Å². The maximum atomic E-state index is 14.1. The Morgan fingerprint density at radius 3 is 2.84 bits per heavy atom. The molecule has 0 bridgehead atoms. The highest BCUT2D eigenvalue weighted by atomic mass is 33.1. The molecular formula is C37H56N4O7S2. The van der Waals surface area contributed by atoms with Gasteiger partial charge in [0.2, 0.25) is 5.91 Å². The van der Waals surface area contributed by atoms with Crippen LogP contribution in [0.3, 0.4) is 0 Å². The van der Waals surface area contributed by atoms with Crippen molar-refractivity contribution in [3.05, 3.63) is 23.3 Å². The molecule has 0 aromatic carbocycles. The van der Waals surface area contributed by atoms with Crippen LogP contribution in [0.15, 0.2) is 23.3 Å². The fourth-order valence-electron chi connectivity index (χ4n) is 10.6. The summed E-state index contributed by atoms with van der Waals surface area (Å²) in [5.41, 5.74) is 6.58. The van der Waals surface area contributed by atoms with Gasteiger partial charge in [-0.1, -0.05) is 39.3 Å². The van der Waals surface area contributed by atoms with Crippen LogP contribution in [0.4, 0.5) is 0 Å². The lowest BCUT2D eigenvalue weighted by molar-refractivity contribution is -0.229. The molecule has 1 amide bonds. The van der Waals surface area contributed by atoms with E-state index in [4.69, 9.17) is 19.9 Å². The molecule has 2 aliphatic carbocycles. The van der Waals surface area contributed by atoms with Crippen LogP contribution in [0, 0.1) is 35.5 Å². The molecule has 5 N–H and O–H groups in total. The number of amides is 1. The predicted octanol–water partition coefficient (Wildman–Crippen LogP) is 3.16. The largest absolute Gasteiger partial charge is 0.462 e. The number of nitrogens with zero attached hydrogens (tertiary/aromatic N) is 1. The topological polar surface area (TPSA) is 152 Å². The summed E-state index contributed by atoms with van der Waals surface area (Å²) in [4.78, 5) is 42.5. The Hall–Kier alpha value is -1.61. The van der Waals surface area contributed by atoms with Gasteiger partial charge in [0.25, 0.3) is 0 Å². The Bertz CT molecular complexity index is 1380. The second-order valence-electron chi connectivity index (χ2n) is 16.0. The van der Waals surface area contributed by atoms with Gasteiger partial charge in [0.1, 0.15) is 17.3 Å². The number of carbonyl (C=O) groups is 3. The van der Waals surface area contributed by atoms with E-state index < -0.39 is 17.2 Å². The number of aliphatic hydroxyl groups is 1. The molecule has 13 heteroatoms. The molecule has 12 atom stereocenters. The number of rotatable bonds is 6. The van der Waals surface area contributed by atoms with Gasteiger partial charge in [-0.3, -0.25) is 9.59 Å². The number of piperidine rings is 1. The van der Waals surface area contributed by atoms with Crippen LogP contribution in [0.5, 0.6) is 0 Å². The highest BCUT2D eigenvalue weighted by Gasteiger charge is 2.68. The second kappa shape index (κ2) is 15.0. The van der Waals surface area contributed by atoms with E-state index in [1.54, 1.807) is 13.0 Å². The van der Waals surface area contributed by atoms with Crippen LogP contribution in [-0.4, -0.2) is 108 Å². The molecule has 5 aliphatic heterocycles. The molecule has 0 radical (unpaired) electrons. The van der Waals surface area contributed by atoms with Crippen molar-refractivity contribution in [3.8, 4) is 0 Å². The zero-order chi connectivity index (χ0) is 35.2. The molecular weight excluding hydrogens is 677 g/mol. The lowest BCUT2D eigenvalue weighted by atomic mass is 9.56. The van der Waals surface area contributed by atoms with E-state index in [1.807, 2.05) is 35.6 Å². The van der Waals surface area contributed by atoms with Crippen molar-refractivity contribution in [2.45, 2.75) is 107 Å². The lowest BCUT2D eigenvalue weighted by Crippen LogP contribution is -2.66. The van der Waals surface area contributed by atoms with Crippen molar-refractivity contribution in [2.75, 3.05) is 44.8 Å². The smallest absolute Gasteiger partial charge is 0.334 e. The predicted molar refractivity (Wildman–Crippen MR) is 194 cm³/mol. The van der Waals surface area contributed by atoms with Crippen molar-refractivity contribution in [2.24, 2.45) is 41.2 Å². The SMILES string of the molecule is CC=C(CCO)C(=O)OC1(C)CC=C2CSSCC3C(CNC)CN3C(=O)CC3CNC(N)CC3C2C12CC1CC3CCC(=O)OC3CC1O2. The molecule has 278 valence electrons. The third-order valence-corrected chi connectivity index (χ3v) is 15.6. The summed E-state index contributed by atoms with van der Waals surface area (Å²) in [5.74, 6) is 2.28. The number of esters is 2. The number of aliphatic hydroxyl groups excluding tert-OH is 1. The van der Waals surface area contributed by atoms with Gasteiger partial charge in [0, 0.05) is 93.3 Å². The van der Waals surface area contributed by atoms with Gasteiger partial charge in [0.15, 0.2) is 0 Å². The van der Waals surface area contributed by atoms with Crippen LogP contribution in [-0.2, 0) is 28.6 Å². The van der Waals surface area contributed by atoms with E-state index in [-0.39, 0.29) is 73.0 Å². The zero-order valence-corrected chi connectivity index (χ0v) is 31.4. The fraction of sp³-hybridized carbons (Fsp3) is 0.811. The average molecular weight is 733 g/mol. The van der Waals surface area contributed by atoms with E-state index in [0.717, 1.165) is 43.9 Å². The molecule has 0 aromatic heterocycles. The Morgan fingerprint density at radius 2 is 2.06 bits per heavy atom. The van der Waals surface area contributed by atoms with E-state index >= 15 is 0 Å². The maximum absolute atomic E-state index is 14.1. The summed E-state index contributed by atoms with van der Waals surface area (Å²) in [6, 6.07) is 0.230. The minimum absolute atomic E-state index is 0.0246. The summed E-state index contributed by atoms with van der Waals surface area (Å²) in [6.07, 6.45) is 8.93. The van der Waals surface area contributed by atoms with Gasteiger partial charge in [-0.05, 0) is 70.3 Å². The summed E-state index contributed by atoms with van der Waals surface area (Å²) >= 11 is 0. The number of ether oxygens (including phenoxy) is 3. The summed E-state index contributed by atoms with van der Waals surface area (Å²) < 4.78 is 20.1. The number of hydrogen-bond acceptors (Lipinski definition) is 12. The minimum atomic E-state index is -1.01. The molecule has 1 saturated carbocycles. The average Bonchev–Trinajstić information content (AvgIpc) is 3.45. The molecule has 12 unspecified atom stereocenters. The number of nitrogens with two attached hydrogens (primary N) is 1. The van der Waals surface area contributed by atoms with E-state index in [9.17, 15) is 19.5 Å². The Balaban J connectivity index is 1.28. The first kappa shape index (κ1) is 36.7. The van der Waals surface area contributed by atoms with Crippen molar-refractivity contribution in [1.82, 2.24) is 15.5 Å². The molecule has 5 saturated heterocycles. The van der Waals surface area contributed by atoms with Crippen molar-refractivity contribution in [3.63, 3.8) is 0 Å². The van der Waals surface area contributed by atoms with E-state index in [2.05, 4.69) is 21.6 Å². The van der Waals surface area contributed by atoms with Crippen molar-refractivity contribution in [1.29, 1.82) is 0 Å². The van der Waals surface area contributed by atoms with Crippen LogP contribution < -0.4 is 16.4 Å². The molecule has 7 aliphatic rings. The Kier molecular flexibility index (Phi) is 11.0. The molecule has 6 fully saturated rings. The minimum Gasteiger partial charge on any atom is -0.462 e. The van der Waals surface area contributed by atoms with Crippen molar-refractivity contribution < 1.29 is 33.7 Å². The highest BCUT2D eigenvalue weighted by Crippen LogP contribution is 2.62. The zero-order valence-electron chi connectivity index (χ0n) is 29.8. The molecule has 7 rings (SSSR count). The fourth-order valence-corrected chi connectivity index (χ4v) is 13.2. The highest BCUT2D eigenvalue weighted by molar-refractivity contribution is 8.76. The summed E-state index contributed by atoms with van der Waals surface area (Å²) in [6.45, 7) is 6.03. The number of hydrogen-bond donors (Lipinski definition) is 4. The number of fused-ring (bicyclic) bond motifs is 7. The van der Waals surface area contributed by atoms with Crippen LogP contribution in [0.1, 0.15) is 71.6 Å². The third kappa shape index (κ3) is 6.71. The summed E-state index contributed by atoms with van der Waals surface area (Å²) in [7, 11) is 5.68. The third-order valence-electron chi connectivity index (χ3n) is 13.3. The van der Waals surface area contributed by atoms with E-state index in [0.29, 0.717) is 56.1 Å². The van der Waals surface area contributed by atoms with Crippen LogP contribution >= 0.6 is 21.6 Å². The first-order chi connectivity index (χ1) is 24.1. The lowest BCUT2D eigenvalue weighted by Gasteiger charge is -2.57. The summed E-state index contributed by atoms with van der Waals surface area (Å²) in [5, 5.41) is 16.6. The quantitative estimate of drug-likeness (QED) is 0.137. The number of allylic oxidation sites excluding steroid dienone is 1. The first-order valence-electron chi connectivity index (χ1n) is 18.8. The molecule has 0 aromatic rings. The van der Waals surface area contributed by atoms with Gasteiger partial charge in [-0.2, -0.15) is 0 Å². The van der Waals surface area contributed by atoms with Crippen molar-refractivity contribution >= 4 is 39.4 Å². The number of carbonyl (C=O) groups excluding carboxylic acids is 3. The van der Waals surface area contributed by atoms with Gasteiger partial charge < -0.3 is 40.6 Å².